The predicted octanol–water partition coefficient (Wildman–Crippen LogP) is 7.25. The molecule has 0 bridgehead atoms. The first-order valence-corrected chi connectivity index (χ1v) is 10.4. The summed E-state index contributed by atoms with van der Waals surface area (Å²) in [5.74, 6) is 1.39. The maximum Gasteiger partial charge on any atom is 0.308 e. The van der Waals surface area contributed by atoms with E-state index in [0.29, 0.717) is 5.92 Å². The highest BCUT2D eigenvalue weighted by atomic mass is 127. The van der Waals surface area contributed by atoms with Crippen LogP contribution in [-0.2, 0) is 4.79 Å². The second kappa shape index (κ2) is 8.55. The Morgan fingerprint density at radius 1 is 0.923 bits per heavy atom. The number of benzene rings is 2. The fourth-order valence-corrected chi connectivity index (χ4v) is 4.04. The third-order valence-electron chi connectivity index (χ3n) is 4.59. The Morgan fingerprint density at radius 2 is 1.50 bits per heavy atom. The van der Waals surface area contributed by atoms with Crippen molar-refractivity contribution in [2.24, 2.45) is 0 Å². The number of ether oxygens (including phenoxy) is 1. The molecule has 2 aromatic rings. The van der Waals surface area contributed by atoms with Crippen LogP contribution >= 0.6 is 22.6 Å². The maximum atomic E-state index is 11.9. The number of carbonyl (C=O) groups is 1. The first-order valence-electron chi connectivity index (χ1n) is 9.29. The summed E-state index contributed by atoms with van der Waals surface area (Å²) in [5, 5.41) is 0. The van der Waals surface area contributed by atoms with Crippen LogP contribution in [0.25, 0.3) is 11.1 Å². The van der Waals surface area contributed by atoms with E-state index in [9.17, 15) is 4.79 Å². The number of rotatable bonds is 5. The van der Waals surface area contributed by atoms with E-state index in [0.717, 1.165) is 16.9 Å². The lowest BCUT2D eigenvalue weighted by molar-refractivity contribution is -0.132. The van der Waals surface area contributed by atoms with E-state index in [1.807, 2.05) is 0 Å². The van der Waals surface area contributed by atoms with E-state index in [-0.39, 0.29) is 17.8 Å². The van der Waals surface area contributed by atoms with Gasteiger partial charge in [0.1, 0.15) is 5.75 Å². The Morgan fingerprint density at radius 3 is 1.96 bits per heavy atom. The summed E-state index contributed by atoms with van der Waals surface area (Å²) in [4.78, 5) is 11.9. The van der Waals surface area contributed by atoms with E-state index >= 15 is 0 Å². The van der Waals surface area contributed by atoms with Crippen LogP contribution in [0, 0.1) is 3.57 Å². The van der Waals surface area contributed by atoms with Gasteiger partial charge in [-0.3, -0.25) is 4.79 Å². The van der Waals surface area contributed by atoms with Crippen LogP contribution in [0.5, 0.6) is 5.75 Å². The zero-order valence-electron chi connectivity index (χ0n) is 16.8. The zero-order chi connectivity index (χ0) is 19.6. The standard InChI is InChI=1S/C23H29IO2/c1-13(2)18-12-19(14(3)4)23(26-16(7)25)21(15(5)6)22(18)17-10-8-9-11-20(17)24/h8-15H,1-7H3. The molecule has 0 aliphatic rings. The molecule has 0 aliphatic carbocycles. The van der Waals surface area contributed by atoms with Crippen molar-refractivity contribution >= 4 is 28.6 Å². The van der Waals surface area contributed by atoms with Crippen LogP contribution in [0.3, 0.4) is 0 Å². The lowest BCUT2D eigenvalue weighted by Gasteiger charge is -2.27. The molecule has 2 rings (SSSR count). The van der Waals surface area contributed by atoms with E-state index in [1.165, 1.54) is 27.2 Å². The van der Waals surface area contributed by atoms with E-state index in [2.05, 4.69) is 94.5 Å². The fourth-order valence-electron chi connectivity index (χ4n) is 3.39. The Bertz CT molecular complexity index is 804. The molecule has 0 radical (unpaired) electrons. The first kappa shape index (κ1) is 20.9. The highest BCUT2D eigenvalue weighted by Gasteiger charge is 2.26. The minimum Gasteiger partial charge on any atom is -0.426 e. The quantitative estimate of drug-likeness (QED) is 0.265. The number of halogens is 1. The summed E-state index contributed by atoms with van der Waals surface area (Å²) in [6.07, 6.45) is 0. The van der Waals surface area contributed by atoms with Crippen molar-refractivity contribution in [3.05, 3.63) is 50.6 Å². The largest absolute Gasteiger partial charge is 0.426 e. The predicted molar refractivity (Wildman–Crippen MR) is 118 cm³/mol. The van der Waals surface area contributed by atoms with E-state index in [1.54, 1.807) is 0 Å². The van der Waals surface area contributed by atoms with Gasteiger partial charge in [0.15, 0.2) is 0 Å². The monoisotopic (exact) mass is 464 g/mol. The van der Waals surface area contributed by atoms with Gasteiger partial charge in [-0.25, -0.2) is 0 Å². The molecular weight excluding hydrogens is 435 g/mol. The Kier molecular flexibility index (Phi) is 6.89. The molecule has 0 atom stereocenters. The van der Waals surface area contributed by atoms with Crippen LogP contribution in [0.2, 0.25) is 0 Å². The van der Waals surface area contributed by atoms with Crippen molar-refractivity contribution in [3.8, 4) is 16.9 Å². The average Bonchev–Trinajstić information content (AvgIpc) is 2.53. The Hall–Kier alpha value is -1.36. The van der Waals surface area contributed by atoms with Gasteiger partial charge in [0.25, 0.3) is 0 Å². The molecular formula is C23H29IO2. The molecule has 0 aliphatic heterocycles. The van der Waals surface area contributed by atoms with E-state index < -0.39 is 0 Å². The number of esters is 1. The minimum absolute atomic E-state index is 0.242. The molecule has 2 nitrogen and oxygen atoms in total. The van der Waals surface area contributed by atoms with E-state index in [4.69, 9.17) is 4.74 Å². The van der Waals surface area contributed by atoms with Crippen molar-refractivity contribution in [2.75, 3.05) is 0 Å². The van der Waals surface area contributed by atoms with Crippen LogP contribution in [0.1, 0.15) is 82.9 Å². The van der Waals surface area contributed by atoms with Gasteiger partial charge in [-0.2, -0.15) is 0 Å². The van der Waals surface area contributed by atoms with Crippen molar-refractivity contribution in [3.63, 3.8) is 0 Å². The molecule has 2 aromatic carbocycles. The second-order valence-electron chi connectivity index (χ2n) is 7.71. The third kappa shape index (κ3) is 4.30. The van der Waals surface area contributed by atoms with Gasteiger partial charge in [-0.15, -0.1) is 0 Å². The third-order valence-corrected chi connectivity index (χ3v) is 5.53. The summed E-state index contributed by atoms with van der Waals surface area (Å²) in [5.41, 5.74) is 6.00. The molecule has 0 fully saturated rings. The minimum atomic E-state index is -0.264. The van der Waals surface area contributed by atoms with Crippen LogP contribution in [0.4, 0.5) is 0 Å². The summed E-state index contributed by atoms with van der Waals surface area (Å²) in [6, 6.07) is 10.7. The average molecular weight is 464 g/mol. The molecule has 0 unspecified atom stereocenters. The van der Waals surface area contributed by atoms with Gasteiger partial charge >= 0.3 is 5.97 Å². The molecule has 0 heterocycles. The number of hydrogen-bond acceptors (Lipinski definition) is 2. The molecule has 0 amide bonds. The topological polar surface area (TPSA) is 26.3 Å². The lowest BCUT2D eigenvalue weighted by Crippen LogP contribution is -2.12. The van der Waals surface area contributed by atoms with Gasteiger partial charge in [-0.1, -0.05) is 65.8 Å². The van der Waals surface area contributed by atoms with Gasteiger partial charge in [0.05, 0.1) is 0 Å². The van der Waals surface area contributed by atoms with Crippen molar-refractivity contribution in [1.29, 1.82) is 0 Å². The van der Waals surface area contributed by atoms with Crippen LogP contribution in [-0.4, -0.2) is 5.97 Å². The molecule has 3 heteroatoms. The highest BCUT2D eigenvalue weighted by Crippen LogP contribution is 2.46. The summed E-state index contributed by atoms with van der Waals surface area (Å²) < 4.78 is 7.00. The first-order chi connectivity index (χ1) is 12.1. The fraction of sp³-hybridized carbons (Fsp3) is 0.435. The zero-order valence-corrected chi connectivity index (χ0v) is 19.0. The smallest absolute Gasteiger partial charge is 0.308 e. The maximum absolute atomic E-state index is 11.9. The highest BCUT2D eigenvalue weighted by molar-refractivity contribution is 14.1. The number of carbonyl (C=O) groups excluding carboxylic acids is 1. The van der Waals surface area contributed by atoms with Gasteiger partial charge in [0, 0.05) is 16.1 Å². The molecule has 140 valence electrons. The molecule has 0 spiro atoms. The van der Waals surface area contributed by atoms with Gasteiger partial charge < -0.3 is 4.74 Å². The van der Waals surface area contributed by atoms with Crippen LogP contribution < -0.4 is 4.74 Å². The second-order valence-corrected chi connectivity index (χ2v) is 8.87. The summed E-state index contributed by atoms with van der Waals surface area (Å²) >= 11 is 2.40. The Balaban J connectivity index is 3.00. The molecule has 0 saturated carbocycles. The lowest BCUT2D eigenvalue weighted by atomic mass is 9.81. The van der Waals surface area contributed by atoms with Crippen LogP contribution in [0.15, 0.2) is 30.3 Å². The number of hydrogen-bond donors (Lipinski definition) is 0. The van der Waals surface area contributed by atoms with Crippen molar-refractivity contribution in [2.45, 2.75) is 66.2 Å². The van der Waals surface area contributed by atoms with Gasteiger partial charge in [-0.05, 0) is 68.7 Å². The molecule has 0 saturated heterocycles. The van der Waals surface area contributed by atoms with Crippen molar-refractivity contribution in [1.82, 2.24) is 0 Å². The molecule has 0 aromatic heterocycles. The van der Waals surface area contributed by atoms with Gasteiger partial charge in [0.2, 0.25) is 0 Å². The molecule has 0 N–H and O–H groups in total. The SMILES string of the molecule is CC(=O)Oc1c(C(C)C)cc(C(C)C)c(-c2ccccc2I)c1C(C)C. The Labute approximate surface area is 171 Å². The summed E-state index contributed by atoms with van der Waals surface area (Å²) in [7, 11) is 0. The van der Waals surface area contributed by atoms with Crippen molar-refractivity contribution < 1.29 is 9.53 Å². The summed E-state index contributed by atoms with van der Waals surface area (Å²) in [6.45, 7) is 14.6. The normalized spacial score (nSPS) is 11.5. The molecule has 26 heavy (non-hydrogen) atoms.